The molecule has 44 heavy (non-hydrogen) atoms. The molecule has 12 heteroatoms. The van der Waals surface area contributed by atoms with Crippen LogP contribution in [0.25, 0.3) is 16.7 Å². The van der Waals surface area contributed by atoms with Crippen molar-refractivity contribution in [3.8, 4) is 17.4 Å². The number of aryl methyl sites for hydroxylation is 1. The van der Waals surface area contributed by atoms with E-state index in [4.69, 9.17) is 9.47 Å². The van der Waals surface area contributed by atoms with Gasteiger partial charge in [0.1, 0.15) is 5.75 Å². The van der Waals surface area contributed by atoms with Gasteiger partial charge in [-0.1, -0.05) is 12.1 Å². The van der Waals surface area contributed by atoms with Gasteiger partial charge in [0, 0.05) is 23.6 Å². The van der Waals surface area contributed by atoms with Crippen LogP contribution >= 0.6 is 0 Å². The lowest BCUT2D eigenvalue weighted by Crippen LogP contribution is -2.23. The van der Waals surface area contributed by atoms with Crippen LogP contribution in [-0.4, -0.2) is 33.0 Å². The van der Waals surface area contributed by atoms with E-state index in [2.05, 4.69) is 15.3 Å². The molecule has 0 aliphatic heterocycles. The highest BCUT2D eigenvalue weighted by Crippen LogP contribution is 2.29. The first-order valence-electron chi connectivity index (χ1n) is 13.4. The number of carbonyl (C=O) groups excluding carboxylic acids is 2. The smallest absolute Gasteiger partial charge is 0.416 e. The largest absolute Gasteiger partial charge is 0.462 e. The lowest BCUT2D eigenvalue weighted by molar-refractivity contribution is -0.137. The number of fused-ring (bicyclic) bond motifs is 1. The van der Waals surface area contributed by atoms with Crippen molar-refractivity contribution in [3.05, 3.63) is 123 Å². The van der Waals surface area contributed by atoms with Gasteiger partial charge in [0.05, 0.1) is 29.1 Å². The Morgan fingerprint density at radius 3 is 2.16 bits per heavy atom. The molecule has 2 heterocycles. The molecule has 1 amide bonds. The molecule has 9 nitrogen and oxygen atoms in total. The summed E-state index contributed by atoms with van der Waals surface area (Å²) in [4.78, 5) is 46.5. The average Bonchev–Trinajstić information content (AvgIpc) is 3.00. The first-order valence-corrected chi connectivity index (χ1v) is 13.4. The molecule has 0 aliphatic rings. The fraction of sp³-hybridized carbons (Fsp3) is 0.156. The Hall–Kier alpha value is -5.52. The predicted molar refractivity (Wildman–Crippen MR) is 155 cm³/mol. The number of rotatable bonds is 8. The van der Waals surface area contributed by atoms with E-state index in [9.17, 15) is 27.6 Å². The maximum atomic E-state index is 13.0. The van der Waals surface area contributed by atoms with Crippen LogP contribution in [-0.2, 0) is 17.5 Å². The van der Waals surface area contributed by atoms with Gasteiger partial charge in [0.15, 0.2) is 5.65 Å². The molecule has 0 saturated carbocycles. The minimum atomic E-state index is -4.44. The van der Waals surface area contributed by atoms with E-state index >= 15 is 0 Å². The second-order valence-electron chi connectivity index (χ2n) is 9.61. The van der Waals surface area contributed by atoms with Crippen molar-refractivity contribution in [1.82, 2.24) is 19.9 Å². The van der Waals surface area contributed by atoms with Gasteiger partial charge in [-0.2, -0.15) is 23.1 Å². The van der Waals surface area contributed by atoms with E-state index in [-0.39, 0.29) is 35.9 Å². The van der Waals surface area contributed by atoms with Gasteiger partial charge in [-0.15, -0.1) is 0 Å². The number of benzene rings is 3. The third kappa shape index (κ3) is 6.59. The number of alkyl halides is 3. The molecule has 0 atom stereocenters. The Bertz CT molecular complexity index is 1890. The van der Waals surface area contributed by atoms with Crippen molar-refractivity contribution < 1.29 is 32.2 Å². The zero-order valence-electron chi connectivity index (χ0n) is 23.5. The lowest BCUT2D eigenvalue weighted by atomic mass is 10.1. The third-order valence-corrected chi connectivity index (χ3v) is 6.62. The van der Waals surface area contributed by atoms with E-state index in [1.165, 1.54) is 34.9 Å². The van der Waals surface area contributed by atoms with Crippen LogP contribution in [0.15, 0.2) is 89.7 Å². The van der Waals surface area contributed by atoms with Gasteiger partial charge in [0.25, 0.3) is 11.5 Å². The number of nitrogens with one attached hydrogen (secondary N) is 1. The number of esters is 1. The Morgan fingerprint density at radius 1 is 0.864 bits per heavy atom. The van der Waals surface area contributed by atoms with Crippen LogP contribution in [0, 0.1) is 6.92 Å². The summed E-state index contributed by atoms with van der Waals surface area (Å²) in [6.07, 6.45) is -4.44. The van der Waals surface area contributed by atoms with Gasteiger partial charge in [-0.05, 0) is 86.1 Å². The summed E-state index contributed by atoms with van der Waals surface area (Å²) >= 11 is 0. The van der Waals surface area contributed by atoms with E-state index < -0.39 is 23.6 Å². The van der Waals surface area contributed by atoms with Crippen LogP contribution in [0.2, 0.25) is 0 Å². The minimum Gasteiger partial charge on any atom is -0.462 e. The van der Waals surface area contributed by atoms with Crippen molar-refractivity contribution in [2.75, 3.05) is 6.61 Å². The van der Waals surface area contributed by atoms with Gasteiger partial charge >= 0.3 is 18.2 Å². The molecule has 5 rings (SSSR count). The van der Waals surface area contributed by atoms with E-state index in [1.54, 1.807) is 56.3 Å². The summed E-state index contributed by atoms with van der Waals surface area (Å²) in [6.45, 7) is 3.76. The maximum absolute atomic E-state index is 13.0. The molecule has 0 radical (unpaired) electrons. The van der Waals surface area contributed by atoms with Crippen molar-refractivity contribution in [3.63, 3.8) is 0 Å². The quantitative estimate of drug-likeness (QED) is 0.217. The van der Waals surface area contributed by atoms with Crippen molar-refractivity contribution >= 4 is 22.9 Å². The molecular weight excluding hydrogens is 577 g/mol. The number of pyridine rings is 1. The predicted octanol–water partition coefficient (Wildman–Crippen LogP) is 6.01. The SMILES string of the molecule is CCOC(=O)c1ccc(Oc2nc(C)c3ccc(=O)n(-c4ccc(C(=O)NCc5ccc(C(F)(F)F)cc5)cc4)c3n2)cc1. The van der Waals surface area contributed by atoms with E-state index in [0.717, 1.165) is 12.1 Å². The Morgan fingerprint density at radius 2 is 1.52 bits per heavy atom. The summed E-state index contributed by atoms with van der Waals surface area (Å²) in [5.41, 5.74) is 1.28. The Balaban J connectivity index is 1.36. The summed E-state index contributed by atoms with van der Waals surface area (Å²) in [7, 11) is 0. The molecule has 0 fully saturated rings. The number of carbonyl (C=O) groups is 2. The zero-order chi connectivity index (χ0) is 31.4. The molecule has 224 valence electrons. The van der Waals surface area contributed by atoms with E-state index in [1.807, 2.05) is 0 Å². The normalized spacial score (nSPS) is 11.3. The molecule has 1 N–H and O–H groups in total. The number of hydrogen-bond acceptors (Lipinski definition) is 7. The first-order chi connectivity index (χ1) is 21.0. The summed E-state index contributed by atoms with van der Waals surface area (Å²) < 4.78 is 50.5. The number of nitrogens with zero attached hydrogens (tertiary/aromatic N) is 3. The number of ether oxygens (including phenoxy) is 2. The van der Waals surface area contributed by atoms with Crippen molar-refractivity contribution in [2.45, 2.75) is 26.6 Å². The Kier molecular flexibility index (Phi) is 8.43. The zero-order valence-corrected chi connectivity index (χ0v) is 23.5. The summed E-state index contributed by atoms with van der Waals surface area (Å²) in [5.74, 6) is -0.527. The van der Waals surface area contributed by atoms with Gasteiger partial charge < -0.3 is 14.8 Å². The highest BCUT2D eigenvalue weighted by molar-refractivity contribution is 5.94. The Labute approximate surface area is 248 Å². The highest BCUT2D eigenvalue weighted by Gasteiger charge is 2.29. The molecule has 0 unspecified atom stereocenters. The van der Waals surface area contributed by atoms with Gasteiger partial charge in [-0.25, -0.2) is 4.79 Å². The van der Waals surface area contributed by atoms with Crippen molar-refractivity contribution in [1.29, 1.82) is 0 Å². The molecule has 0 bridgehead atoms. The number of aromatic nitrogens is 3. The van der Waals surface area contributed by atoms with Crippen LogP contribution in [0.4, 0.5) is 13.2 Å². The van der Waals surface area contributed by atoms with Crippen LogP contribution < -0.4 is 15.6 Å². The molecule has 5 aromatic rings. The fourth-order valence-electron chi connectivity index (χ4n) is 4.37. The molecule has 0 aliphatic carbocycles. The third-order valence-electron chi connectivity index (χ3n) is 6.62. The van der Waals surface area contributed by atoms with Gasteiger partial charge in [0.2, 0.25) is 0 Å². The minimum absolute atomic E-state index is 0.0162. The molecular formula is C32H25F3N4O5. The molecule has 3 aromatic carbocycles. The van der Waals surface area contributed by atoms with Crippen LogP contribution in [0.5, 0.6) is 11.8 Å². The number of halogens is 3. The number of amides is 1. The second-order valence-corrected chi connectivity index (χ2v) is 9.61. The average molecular weight is 603 g/mol. The van der Waals surface area contributed by atoms with Crippen LogP contribution in [0.3, 0.4) is 0 Å². The first kappa shape index (κ1) is 30.0. The second kappa shape index (κ2) is 12.4. The lowest BCUT2D eigenvalue weighted by Gasteiger charge is -2.13. The molecule has 0 saturated heterocycles. The summed E-state index contributed by atoms with van der Waals surface area (Å²) in [5, 5.41) is 3.28. The fourth-order valence-corrected chi connectivity index (χ4v) is 4.37. The van der Waals surface area contributed by atoms with Crippen molar-refractivity contribution in [2.24, 2.45) is 0 Å². The summed E-state index contributed by atoms with van der Waals surface area (Å²) in [6, 6.07) is 20.0. The topological polar surface area (TPSA) is 112 Å². The van der Waals surface area contributed by atoms with Gasteiger partial charge in [-0.3, -0.25) is 14.2 Å². The van der Waals surface area contributed by atoms with E-state index in [0.29, 0.717) is 33.6 Å². The molecule has 0 spiro atoms. The monoisotopic (exact) mass is 602 g/mol. The maximum Gasteiger partial charge on any atom is 0.416 e. The molecule has 2 aromatic heterocycles. The highest BCUT2D eigenvalue weighted by atomic mass is 19.4. The standard InChI is InChI=1S/C32H25F3N4O5/c1-3-43-30(42)22-8-14-25(15-9-22)44-31-37-19(2)26-16-17-27(40)39(28(26)38-31)24-12-6-21(7-13-24)29(41)36-18-20-4-10-23(11-5-20)32(33,34)35/h4-17H,3,18H2,1-2H3,(H,36,41). The number of hydrogen-bond donors (Lipinski definition) is 1. The van der Waals surface area contributed by atoms with Crippen LogP contribution in [0.1, 0.15) is 44.5 Å².